The Bertz CT molecular complexity index is 1160. The fourth-order valence-corrected chi connectivity index (χ4v) is 4.74. The van der Waals surface area contributed by atoms with E-state index in [1.54, 1.807) is 32.2 Å². The zero-order chi connectivity index (χ0) is 21.2. The average Bonchev–Trinajstić information content (AvgIpc) is 2.72. The molecule has 6 nitrogen and oxygen atoms in total. The van der Waals surface area contributed by atoms with E-state index in [1.807, 2.05) is 13.0 Å². The first-order valence-electron chi connectivity index (χ1n) is 9.25. The molecule has 1 N–H and O–H groups in total. The monoisotopic (exact) mass is 431 g/mol. The van der Waals surface area contributed by atoms with E-state index in [0.29, 0.717) is 29.4 Å². The fourth-order valence-electron chi connectivity index (χ4n) is 3.13. The molecule has 2 aromatic carbocycles. The molecule has 0 spiro atoms. The molecular weight excluding hydrogens is 410 g/mol. The van der Waals surface area contributed by atoms with Gasteiger partial charge in [0.2, 0.25) is 10.0 Å². The van der Waals surface area contributed by atoms with E-state index >= 15 is 0 Å². The van der Waals surface area contributed by atoms with Gasteiger partial charge in [0.25, 0.3) is 5.91 Å². The Morgan fingerprint density at radius 3 is 2.34 bits per heavy atom. The zero-order valence-electron chi connectivity index (χ0n) is 16.4. The molecular formula is C21H22ClN3O3S. The maximum atomic E-state index is 12.7. The number of anilines is 1. The van der Waals surface area contributed by atoms with Crippen LogP contribution in [0.2, 0.25) is 5.02 Å². The second kappa shape index (κ2) is 8.49. The second-order valence-electron chi connectivity index (χ2n) is 6.49. The molecule has 0 aliphatic carbocycles. The number of fused-ring (bicyclic) bond motifs is 1. The number of amides is 1. The third-order valence-electron chi connectivity index (χ3n) is 4.81. The first-order chi connectivity index (χ1) is 13.8. The van der Waals surface area contributed by atoms with Gasteiger partial charge in [-0.1, -0.05) is 25.4 Å². The maximum Gasteiger partial charge on any atom is 0.255 e. The highest BCUT2D eigenvalue weighted by Gasteiger charge is 2.21. The van der Waals surface area contributed by atoms with Crippen molar-refractivity contribution in [3.63, 3.8) is 0 Å². The third-order valence-corrected chi connectivity index (χ3v) is 7.28. The van der Waals surface area contributed by atoms with Crippen LogP contribution in [0.4, 0.5) is 5.69 Å². The number of sulfonamides is 1. The van der Waals surface area contributed by atoms with Crippen molar-refractivity contribution >= 4 is 44.1 Å². The summed E-state index contributed by atoms with van der Waals surface area (Å²) in [6.45, 7) is 6.23. The molecule has 3 aromatic rings. The molecule has 0 radical (unpaired) electrons. The minimum Gasteiger partial charge on any atom is -0.321 e. The summed E-state index contributed by atoms with van der Waals surface area (Å²) in [4.78, 5) is 17.2. The largest absolute Gasteiger partial charge is 0.321 e. The number of halogens is 1. The van der Waals surface area contributed by atoms with E-state index in [4.69, 9.17) is 11.6 Å². The predicted octanol–water partition coefficient (Wildman–Crippen LogP) is 4.48. The van der Waals surface area contributed by atoms with Crippen LogP contribution in [0.25, 0.3) is 10.9 Å². The smallest absolute Gasteiger partial charge is 0.255 e. The molecule has 1 heterocycles. The lowest BCUT2D eigenvalue weighted by Crippen LogP contribution is -2.30. The summed E-state index contributed by atoms with van der Waals surface area (Å²) in [7, 11) is -3.56. The molecule has 3 rings (SSSR count). The molecule has 8 heteroatoms. The zero-order valence-corrected chi connectivity index (χ0v) is 18.0. The van der Waals surface area contributed by atoms with E-state index < -0.39 is 10.0 Å². The highest BCUT2D eigenvalue weighted by molar-refractivity contribution is 7.89. The molecule has 29 heavy (non-hydrogen) atoms. The van der Waals surface area contributed by atoms with Gasteiger partial charge < -0.3 is 5.32 Å². The summed E-state index contributed by atoms with van der Waals surface area (Å²) in [5, 5.41) is 4.26. The van der Waals surface area contributed by atoms with Crippen molar-refractivity contribution in [1.29, 1.82) is 0 Å². The van der Waals surface area contributed by atoms with Gasteiger partial charge in [-0.3, -0.25) is 9.78 Å². The van der Waals surface area contributed by atoms with Crippen LogP contribution in [0, 0.1) is 6.92 Å². The van der Waals surface area contributed by atoms with E-state index in [2.05, 4.69) is 10.3 Å². The molecule has 0 fully saturated rings. The Morgan fingerprint density at radius 1 is 1.07 bits per heavy atom. The van der Waals surface area contributed by atoms with Crippen molar-refractivity contribution in [1.82, 2.24) is 9.29 Å². The standard InChI is InChI=1S/C21H22ClN3O3S/c1-4-25(5-2)29(27,28)16-8-6-15(7-9-16)21(26)24-19-12-13-23-20-14(3)18(22)11-10-17(19)20/h6-13H,4-5H2,1-3H3,(H,23,24,26). The van der Waals surface area contributed by atoms with Crippen molar-refractivity contribution in [2.45, 2.75) is 25.7 Å². The summed E-state index contributed by atoms with van der Waals surface area (Å²) in [6.07, 6.45) is 1.61. The highest BCUT2D eigenvalue weighted by Crippen LogP contribution is 2.29. The van der Waals surface area contributed by atoms with Crippen molar-refractivity contribution in [3.8, 4) is 0 Å². The van der Waals surface area contributed by atoms with Gasteiger partial charge in [-0.25, -0.2) is 8.42 Å². The third kappa shape index (κ3) is 4.12. The van der Waals surface area contributed by atoms with Gasteiger partial charge in [0, 0.05) is 35.3 Å². The molecule has 0 unspecified atom stereocenters. The van der Waals surface area contributed by atoms with E-state index in [1.165, 1.54) is 28.6 Å². The predicted molar refractivity (Wildman–Crippen MR) is 116 cm³/mol. The minimum atomic E-state index is -3.56. The second-order valence-corrected chi connectivity index (χ2v) is 8.84. The number of hydrogen-bond donors (Lipinski definition) is 1. The molecule has 0 aliphatic heterocycles. The highest BCUT2D eigenvalue weighted by atomic mass is 35.5. The number of aromatic nitrogens is 1. The Morgan fingerprint density at radius 2 is 1.72 bits per heavy atom. The number of hydrogen-bond acceptors (Lipinski definition) is 4. The van der Waals surface area contributed by atoms with Crippen LogP contribution in [0.15, 0.2) is 53.6 Å². The number of rotatable bonds is 6. The number of nitrogens with one attached hydrogen (secondary N) is 1. The normalized spacial score (nSPS) is 11.8. The van der Waals surface area contributed by atoms with Gasteiger partial charge in [-0.05, 0) is 55.0 Å². The molecule has 0 aliphatic rings. The number of aryl methyl sites for hydroxylation is 1. The lowest BCUT2D eigenvalue weighted by Gasteiger charge is -2.18. The molecule has 152 valence electrons. The van der Waals surface area contributed by atoms with E-state index in [-0.39, 0.29) is 10.8 Å². The SMILES string of the molecule is CCN(CC)S(=O)(=O)c1ccc(C(=O)Nc2ccnc3c(C)c(Cl)ccc23)cc1. The van der Waals surface area contributed by atoms with Crippen LogP contribution in [0.5, 0.6) is 0 Å². The number of carbonyl (C=O) groups is 1. The molecule has 1 aromatic heterocycles. The van der Waals surface area contributed by atoms with Gasteiger partial charge >= 0.3 is 0 Å². The van der Waals surface area contributed by atoms with Crippen LogP contribution < -0.4 is 5.32 Å². The maximum absolute atomic E-state index is 12.7. The fraction of sp³-hybridized carbons (Fsp3) is 0.238. The molecule has 0 saturated heterocycles. The first-order valence-corrected chi connectivity index (χ1v) is 11.1. The van der Waals surface area contributed by atoms with E-state index in [0.717, 1.165) is 16.5 Å². The van der Waals surface area contributed by atoms with Crippen molar-refractivity contribution in [2.75, 3.05) is 18.4 Å². The van der Waals surface area contributed by atoms with Crippen molar-refractivity contribution in [3.05, 3.63) is 64.8 Å². The van der Waals surface area contributed by atoms with Crippen molar-refractivity contribution < 1.29 is 13.2 Å². The number of benzene rings is 2. The Labute approximate surface area is 175 Å². The number of carbonyl (C=O) groups excluding carboxylic acids is 1. The van der Waals surface area contributed by atoms with E-state index in [9.17, 15) is 13.2 Å². The summed E-state index contributed by atoms with van der Waals surface area (Å²) in [5.41, 5.74) is 2.53. The summed E-state index contributed by atoms with van der Waals surface area (Å²) < 4.78 is 26.5. The Kier molecular flexibility index (Phi) is 6.21. The van der Waals surface area contributed by atoms with Crippen LogP contribution >= 0.6 is 11.6 Å². The number of pyridine rings is 1. The van der Waals surface area contributed by atoms with Gasteiger partial charge in [0.15, 0.2) is 0 Å². The molecule has 0 atom stereocenters. The van der Waals surface area contributed by atoms with Gasteiger partial charge in [0.1, 0.15) is 0 Å². The topological polar surface area (TPSA) is 79.4 Å². The average molecular weight is 432 g/mol. The van der Waals surface area contributed by atoms with Crippen LogP contribution in [0.3, 0.4) is 0 Å². The minimum absolute atomic E-state index is 0.164. The summed E-state index contributed by atoms with van der Waals surface area (Å²) in [5.74, 6) is -0.336. The lowest BCUT2D eigenvalue weighted by atomic mass is 10.1. The van der Waals surface area contributed by atoms with Crippen LogP contribution in [0.1, 0.15) is 29.8 Å². The van der Waals surface area contributed by atoms with Crippen molar-refractivity contribution in [2.24, 2.45) is 0 Å². The summed E-state index contributed by atoms with van der Waals surface area (Å²) in [6, 6.07) is 11.2. The Balaban J connectivity index is 1.88. The Hall–Kier alpha value is -2.48. The molecule has 0 bridgehead atoms. The van der Waals surface area contributed by atoms with Gasteiger partial charge in [-0.15, -0.1) is 0 Å². The van der Waals surface area contributed by atoms with Crippen LogP contribution in [-0.2, 0) is 10.0 Å². The molecule has 1 amide bonds. The quantitative estimate of drug-likeness (QED) is 0.624. The summed E-state index contributed by atoms with van der Waals surface area (Å²) >= 11 is 6.16. The van der Waals surface area contributed by atoms with Crippen LogP contribution in [-0.4, -0.2) is 36.7 Å². The first kappa shape index (κ1) is 21.2. The van der Waals surface area contributed by atoms with Gasteiger partial charge in [-0.2, -0.15) is 4.31 Å². The lowest BCUT2D eigenvalue weighted by molar-refractivity contribution is 0.102. The number of nitrogens with zero attached hydrogens (tertiary/aromatic N) is 2. The van der Waals surface area contributed by atoms with Gasteiger partial charge in [0.05, 0.1) is 16.1 Å². The molecule has 0 saturated carbocycles.